The fourth-order valence-corrected chi connectivity index (χ4v) is 2.08. The number of methoxy groups -OCH3 is 1. The molecule has 2 nitrogen and oxygen atoms in total. The van der Waals surface area contributed by atoms with Gasteiger partial charge in [0.1, 0.15) is 0 Å². The van der Waals surface area contributed by atoms with E-state index >= 15 is 0 Å². The molecule has 2 N–H and O–H groups in total. The van der Waals surface area contributed by atoms with E-state index in [1.165, 1.54) is 38.5 Å². The summed E-state index contributed by atoms with van der Waals surface area (Å²) in [6.45, 7) is 0.674. The average molecular weight is 208 g/mol. The highest BCUT2D eigenvalue weighted by Gasteiger charge is 2.17. The third kappa shape index (κ3) is 4.84. The lowest BCUT2D eigenvalue weighted by atomic mass is 9.85. The van der Waals surface area contributed by atoms with Crippen LogP contribution in [-0.2, 0) is 4.74 Å². The van der Waals surface area contributed by atoms with Crippen LogP contribution < -0.4 is 5.73 Å². The maximum absolute atomic E-state index is 5.58. The summed E-state index contributed by atoms with van der Waals surface area (Å²) in [4.78, 5) is 0. The molecule has 1 aliphatic rings. The van der Waals surface area contributed by atoms with Crippen LogP contribution in [-0.4, -0.2) is 19.8 Å². The Morgan fingerprint density at radius 2 is 1.92 bits per heavy atom. The second-order valence-electron chi connectivity index (χ2n) is 3.83. The van der Waals surface area contributed by atoms with Gasteiger partial charge in [-0.25, -0.2) is 0 Å². The van der Waals surface area contributed by atoms with E-state index in [0.717, 1.165) is 5.92 Å². The first kappa shape index (κ1) is 13.2. The van der Waals surface area contributed by atoms with E-state index in [1.54, 1.807) is 7.11 Å². The largest absolute Gasteiger partial charge is 0.380 e. The smallest absolute Gasteiger partial charge is 0.0696 e. The van der Waals surface area contributed by atoms with Crippen molar-refractivity contribution in [3.63, 3.8) is 0 Å². The molecule has 0 aromatic carbocycles. The maximum Gasteiger partial charge on any atom is 0.0696 e. The highest BCUT2D eigenvalue weighted by Crippen LogP contribution is 2.27. The molecule has 0 aromatic heterocycles. The summed E-state index contributed by atoms with van der Waals surface area (Å²) in [6.07, 6.45) is 8.49. The molecular weight excluding hydrogens is 186 g/mol. The lowest BCUT2D eigenvalue weighted by molar-refractivity contribution is 0.0800. The van der Waals surface area contributed by atoms with Gasteiger partial charge in [0.15, 0.2) is 0 Å². The Labute approximate surface area is 87.6 Å². The summed E-state index contributed by atoms with van der Waals surface area (Å²) in [5.74, 6) is 0.882. The van der Waals surface area contributed by atoms with E-state index in [-0.39, 0.29) is 12.4 Å². The molecule has 3 heteroatoms. The molecule has 80 valence electrons. The van der Waals surface area contributed by atoms with Gasteiger partial charge in [0, 0.05) is 13.7 Å². The van der Waals surface area contributed by atoms with Crippen LogP contribution in [0, 0.1) is 5.92 Å². The van der Waals surface area contributed by atoms with Gasteiger partial charge in [0.05, 0.1) is 6.10 Å². The number of ether oxygens (including phenoxy) is 1. The van der Waals surface area contributed by atoms with Crippen molar-refractivity contribution in [2.24, 2.45) is 11.7 Å². The van der Waals surface area contributed by atoms with Gasteiger partial charge >= 0.3 is 0 Å². The standard InChI is InChI=1S/C10H21NO.ClH/c1-12-10(8-11)7-9-5-3-2-4-6-9;/h9-10H,2-8,11H2,1H3;1H. The predicted octanol–water partition coefficient (Wildman–Crippen LogP) is 2.35. The van der Waals surface area contributed by atoms with E-state index in [9.17, 15) is 0 Å². The normalized spacial score (nSPS) is 20.8. The molecule has 0 bridgehead atoms. The molecule has 1 atom stereocenters. The van der Waals surface area contributed by atoms with Gasteiger partial charge in [-0.2, -0.15) is 0 Å². The Kier molecular flexibility index (Phi) is 7.72. The van der Waals surface area contributed by atoms with Crippen molar-refractivity contribution in [3.05, 3.63) is 0 Å². The molecule has 0 saturated heterocycles. The van der Waals surface area contributed by atoms with Crippen molar-refractivity contribution in [2.45, 2.75) is 44.6 Å². The van der Waals surface area contributed by atoms with E-state index in [0.29, 0.717) is 12.6 Å². The monoisotopic (exact) mass is 207 g/mol. The van der Waals surface area contributed by atoms with Gasteiger partial charge in [0.2, 0.25) is 0 Å². The lowest BCUT2D eigenvalue weighted by Crippen LogP contribution is -2.26. The number of rotatable bonds is 4. The van der Waals surface area contributed by atoms with Crippen LogP contribution in [0.1, 0.15) is 38.5 Å². The Morgan fingerprint density at radius 3 is 2.38 bits per heavy atom. The first-order valence-electron chi connectivity index (χ1n) is 5.09. The molecule has 1 fully saturated rings. The fraction of sp³-hybridized carbons (Fsp3) is 1.00. The Balaban J connectivity index is 0.00000144. The Morgan fingerprint density at radius 1 is 1.31 bits per heavy atom. The highest BCUT2D eigenvalue weighted by molar-refractivity contribution is 5.85. The van der Waals surface area contributed by atoms with Crippen molar-refractivity contribution in [1.29, 1.82) is 0 Å². The summed E-state index contributed by atoms with van der Waals surface area (Å²) < 4.78 is 5.28. The first-order valence-corrected chi connectivity index (χ1v) is 5.09. The van der Waals surface area contributed by atoms with Crippen LogP contribution in [0.5, 0.6) is 0 Å². The quantitative estimate of drug-likeness (QED) is 0.768. The number of halogens is 1. The second kappa shape index (κ2) is 7.60. The van der Waals surface area contributed by atoms with Gasteiger partial charge in [0.25, 0.3) is 0 Å². The summed E-state index contributed by atoms with van der Waals surface area (Å²) in [5.41, 5.74) is 5.58. The van der Waals surface area contributed by atoms with Gasteiger partial charge in [-0.15, -0.1) is 12.4 Å². The third-order valence-corrected chi connectivity index (χ3v) is 2.92. The minimum Gasteiger partial charge on any atom is -0.380 e. The summed E-state index contributed by atoms with van der Waals surface area (Å²) >= 11 is 0. The van der Waals surface area contributed by atoms with Crippen LogP contribution in [0.15, 0.2) is 0 Å². The molecule has 1 rings (SSSR count). The molecule has 0 radical (unpaired) electrons. The molecule has 1 aliphatic carbocycles. The van der Waals surface area contributed by atoms with Crippen LogP contribution in [0.3, 0.4) is 0 Å². The lowest BCUT2D eigenvalue weighted by Gasteiger charge is -2.24. The Hall–Kier alpha value is 0.210. The number of nitrogens with two attached hydrogens (primary N) is 1. The van der Waals surface area contributed by atoms with Crippen LogP contribution in [0.25, 0.3) is 0 Å². The van der Waals surface area contributed by atoms with Crippen LogP contribution in [0.4, 0.5) is 0 Å². The molecule has 0 aromatic rings. The van der Waals surface area contributed by atoms with Crippen molar-refractivity contribution >= 4 is 12.4 Å². The fourth-order valence-electron chi connectivity index (χ4n) is 2.08. The summed E-state index contributed by atoms with van der Waals surface area (Å²) in [5, 5.41) is 0. The van der Waals surface area contributed by atoms with E-state index in [4.69, 9.17) is 10.5 Å². The minimum absolute atomic E-state index is 0. The van der Waals surface area contributed by atoms with Crippen molar-refractivity contribution in [2.75, 3.05) is 13.7 Å². The molecule has 0 aliphatic heterocycles. The minimum atomic E-state index is 0. The van der Waals surface area contributed by atoms with Crippen LogP contribution >= 0.6 is 12.4 Å². The molecule has 0 heterocycles. The maximum atomic E-state index is 5.58. The SMILES string of the molecule is COC(CN)CC1CCCCC1.Cl. The third-order valence-electron chi connectivity index (χ3n) is 2.92. The predicted molar refractivity (Wildman–Crippen MR) is 58.3 cm³/mol. The first-order chi connectivity index (χ1) is 5.86. The van der Waals surface area contributed by atoms with E-state index in [1.807, 2.05) is 0 Å². The molecule has 0 amide bonds. The molecule has 1 unspecified atom stereocenters. The van der Waals surface area contributed by atoms with Gasteiger partial charge in [-0.05, 0) is 12.3 Å². The van der Waals surface area contributed by atoms with Gasteiger partial charge in [-0.1, -0.05) is 32.1 Å². The number of hydrogen-bond acceptors (Lipinski definition) is 2. The summed E-state index contributed by atoms with van der Waals surface area (Å²) in [7, 11) is 1.76. The molecule has 0 spiro atoms. The van der Waals surface area contributed by atoms with E-state index in [2.05, 4.69) is 0 Å². The number of hydrogen-bond donors (Lipinski definition) is 1. The van der Waals surface area contributed by atoms with Gasteiger partial charge < -0.3 is 10.5 Å². The summed E-state index contributed by atoms with van der Waals surface area (Å²) in [6, 6.07) is 0. The average Bonchev–Trinajstić information content (AvgIpc) is 2.16. The molecule has 13 heavy (non-hydrogen) atoms. The topological polar surface area (TPSA) is 35.2 Å². The van der Waals surface area contributed by atoms with E-state index < -0.39 is 0 Å². The van der Waals surface area contributed by atoms with Gasteiger partial charge in [-0.3, -0.25) is 0 Å². The zero-order valence-corrected chi connectivity index (χ0v) is 9.31. The second-order valence-corrected chi connectivity index (χ2v) is 3.83. The zero-order valence-electron chi connectivity index (χ0n) is 8.50. The van der Waals surface area contributed by atoms with Crippen LogP contribution in [0.2, 0.25) is 0 Å². The zero-order chi connectivity index (χ0) is 8.81. The molecule has 1 saturated carbocycles. The Bertz CT molecular complexity index is 111. The molecular formula is C10H22ClNO. The van der Waals surface area contributed by atoms with Crippen molar-refractivity contribution in [1.82, 2.24) is 0 Å². The van der Waals surface area contributed by atoms with Crippen molar-refractivity contribution in [3.8, 4) is 0 Å². The highest BCUT2D eigenvalue weighted by atomic mass is 35.5. The van der Waals surface area contributed by atoms with Crippen molar-refractivity contribution < 1.29 is 4.74 Å².